The summed E-state index contributed by atoms with van der Waals surface area (Å²) in [5, 5.41) is 30.4. The molecule has 0 unspecified atom stereocenters. The number of ether oxygens (including phenoxy) is 1. The third-order valence-electron chi connectivity index (χ3n) is 3.40. The molecule has 0 saturated heterocycles. The predicted molar refractivity (Wildman–Crippen MR) is 96.8 cm³/mol. The van der Waals surface area contributed by atoms with Gasteiger partial charge in [0.2, 0.25) is 4.77 Å². The van der Waals surface area contributed by atoms with Gasteiger partial charge < -0.3 is 14.9 Å². The van der Waals surface area contributed by atoms with Gasteiger partial charge in [-0.15, -0.1) is 0 Å². The van der Waals surface area contributed by atoms with Crippen molar-refractivity contribution < 1.29 is 14.9 Å². The van der Waals surface area contributed by atoms with Gasteiger partial charge in [-0.05, 0) is 55.5 Å². The van der Waals surface area contributed by atoms with Crippen molar-refractivity contribution in [3.63, 3.8) is 0 Å². The van der Waals surface area contributed by atoms with Crippen molar-refractivity contribution in [3.8, 4) is 28.6 Å². The molecule has 3 rings (SSSR count). The third-order valence-corrected chi connectivity index (χ3v) is 3.66. The van der Waals surface area contributed by atoms with E-state index >= 15 is 0 Å². The summed E-state index contributed by atoms with van der Waals surface area (Å²) in [6, 6.07) is 11.7. The lowest BCUT2D eigenvalue weighted by Crippen LogP contribution is -1.96. The Morgan fingerprint density at radius 2 is 2.00 bits per heavy atom. The normalized spacial score (nSPS) is 11.1. The molecule has 0 bridgehead atoms. The van der Waals surface area contributed by atoms with Crippen LogP contribution in [0.5, 0.6) is 17.2 Å². The van der Waals surface area contributed by atoms with E-state index in [4.69, 9.17) is 17.0 Å². The van der Waals surface area contributed by atoms with E-state index in [1.165, 1.54) is 23.0 Å². The topological polar surface area (TPSA) is 95.7 Å². The lowest BCUT2D eigenvalue weighted by Gasteiger charge is -2.05. The SMILES string of the molecule is CCOc1ccc(-c2n[nH]c(=S)n2/N=C/c2ccc(O)cc2O)cc1. The summed E-state index contributed by atoms with van der Waals surface area (Å²) < 4.78 is 7.20. The number of H-pyrrole nitrogens is 1. The number of hydrogen-bond acceptors (Lipinski definition) is 6. The zero-order valence-electron chi connectivity index (χ0n) is 13.4. The molecule has 3 aromatic rings. The highest BCUT2D eigenvalue weighted by molar-refractivity contribution is 7.71. The van der Waals surface area contributed by atoms with Crippen molar-refractivity contribution in [2.75, 3.05) is 6.61 Å². The number of phenolic OH excluding ortho intramolecular Hbond substituents is 2. The van der Waals surface area contributed by atoms with Gasteiger partial charge in [0.25, 0.3) is 0 Å². The summed E-state index contributed by atoms with van der Waals surface area (Å²) in [5.74, 6) is 1.19. The number of nitrogens with zero attached hydrogens (tertiary/aromatic N) is 3. The Morgan fingerprint density at radius 1 is 1.24 bits per heavy atom. The van der Waals surface area contributed by atoms with Gasteiger partial charge in [0.05, 0.1) is 12.8 Å². The van der Waals surface area contributed by atoms with Gasteiger partial charge in [0, 0.05) is 17.2 Å². The summed E-state index contributed by atoms with van der Waals surface area (Å²) in [6.45, 7) is 2.52. The smallest absolute Gasteiger partial charge is 0.216 e. The van der Waals surface area contributed by atoms with Gasteiger partial charge >= 0.3 is 0 Å². The number of phenols is 2. The van der Waals surface area contributed by atoms with Crippen molar-refractivity contribution in [1.82, 2.24) is 14.9 Å². The van der Waals surface area contributed by atoms with Gasteiger partial charge in [0.1, 0.15) is 17.2 Å². The summed E-state index contributed by atoms with van der Waals surface area (Å²) in [5.41, 5.74) is 1.25. The second kappa shape index (κ2) is 7.18. The molecule has 2 aromatic carbocycles. The Hall–Kier alpha value is -3.13. The molecule has 0 aliphatic rings. The number of hydrogen-bond donors (Lipinski definition) is 3. The molecule has 8 heteroatoms. The number of nitrogens with one attached hydrogen (secondary N) is 1. The van der Waals surface area contributed by atoms with Gasteiger partial charge in [0.15, 0.2) is 5.82 Å². The molecule has 25 heavy (non-hydrogen) atoms. The molecule has 128 valence electrons. The first-order chi connectivity index (χ1) is 12.1. The lowest BCUT2D eigenvalue weighted by molar-refractivity contribution is 0.340. The Labute approximate surface area is 148 Å². The average molecular weight is 356 g/mol. The maximum atomic E-state index is 9.83. The summed E-state index contributed by atoms with van der Waals surface area (Å²) in [4.78, 5) is 0. The van der Waals surface area contributed by atoms with Crippen LogP contribution in [0.1, 0.15) is 12.5 Å². The van der Waals surface area contributed by atoms with Crippen molar-refractivity contribution >= 4 is 18.4 Å². The monoisotopic (exact) mass is 356 g/mol. The molecule has 0 atom stereocenters. The first-order valence-corrected chi connectivity index (χ1v) is 7.96. The van der Waals surface area contributed by atoms with E-state index < -0.39 is 0 Å². The average Bonchev–Trinajstić information content (AvgIpc) is 2.96. The van der Waals surface area contributed by atoms with Gasteiger partial charge in [-0.3, -0.25) is 0 Å². The van der Waals surface area contributed by atoms with E-state index in [1.807, 2.05) is 31.2 Å². The molecule has 0 fully saturated rings. The fourth-order valence-electron chi connectivity index (χ4n) is 2.21. The first-order valence-electron chi connectivity index (χ1n) is 7.55. The van der Waals surface area contributed by atoms with Crippen molar-refractivity contribution in [3.05, 3.63) is 52.8 Å². The van der Waals surface area contributed by atoms with Crippen LogP contribution in [0.25, 0.3) is 11.4 Å². The minimum Gasteiger partial charge on any atom is -0.508 e. The van der Waals surface area contributed by atoms with Crippen molar-refractivity contribution in [2.24, 2.45) is 5.10 Å². The third kappa shape index (κ3) is 3.69. The van der Waals surface area contributed by atoms with Crippen LogP contribution in [-0.2, 0) is 0 Å². The number of benzene rings is 2. The van der Waals surface area contributed by atoms with Gasteiger partial charge in [-0.25, -0.2) is 5.10 Å². The first kappa shape index (κ1) is 16.7. The molecule has 7 nitrogen and oxygen atoms in total. The van der Waals surface area contributed by atoms with Crippen molar-refractivity contribution in [2.45, 2.75) is 6.92 Å². The highest BCUT2D eigenvalue weighted by Gasteiger charge is 2.09. The number of rotatable bonds is 5. The Morgan fingerprint density at radius 3 is 2.68 bits per heavy atom. The predicted octanol–water partition coefficient (Wildman–Crippen LogP) is 3.30. The minimum absolute atomic E-state index is 0.0235. The molecule has 0 amide bonds. The van der Waals surface area contributed by atoms with E-state index in [0.29, 0.717) is 22.8 Å². The van der Waals surface area contributed by atoms with Crippen LogP contribution >= 0.6 is 12.2 Å². The maximum Gasteiger partial charge on any atom is 0.216 e. The van der Waals surface area contributed by atoms with Crippen LogP contribution in [0, 0.1) is 4.77 Å². The van der Waals surface area contributed by atoms with Crippen LogP contribution in [-0.4, -0.2) is 37.9 Å². The quantitative estimate of drug-likeness (QED) is 0.481. The number of aromatic amines is 1. The fourth-order valence-corrected chi connectivity index (χ4v) is 2.39. The molecule has 3 N–H and O–H groups in total. The number of aromatic hydroxyl groups is 2. The zero-order chi connectivity index (χ0) is 17.8. The summed E-state index contributed by atoms with van der Waals surface area (Å²) in [7, 11) is 0. The molecular weight excluding hydrogens is 340 g/mol. The molecule has 0 aliphatic heterocycles. The Bertz CT molecular complexity index is 961. The van der Waals surface area contributed by atoms with E-state index in [2.05, 4.69) is 15.3 Å². The molecule has 1 heterocycles. The fraction of sp³-hybridized carbons (Fsp3) is 0.118. The zero-order valence-corrected chi connectivity index (χ0v) is 14.2. The van der Waals surface area contributed by atoms with Gasteiger partial charge in [-0.1, -0.05) is 0 Å². The molecule has 1 aromatic heterocycles. The van der Waals surface area contributed by atoms with E-state index in [0.717, 1.165) is 11.3 Å². The number of aromatic nitrogens is 3. The van der Waals surface area contributed by atoms with Crippen LogP contribution < -0.4 is 4.74 Å². The molecular formula is C17H16N4O3S. The van der Waals surface area contributed by atoms with Crippen LogP contribution in [0.3, 0.4) is 0 Å². The summed E-state index contributed by atoms with van der Waals surface area (Å²) in [6.07, 6.45) is 1.44. The Balaban J connectivity index is 1.94. The van der Waals surface area contributed by atoms with Crippen LogP contribution in [0.4, 0.5) is 0 Å². The summed E-state index contributed by atoms with van der Waals surface area (Å²) >= 11 is 5.21. The standard InChI is InChI=1S/C17H16N4O3S/c1-2-24-14-7-4-11(5-8-14)16-19-20-17(25)21(16)18-10-12-3-6-13(22)9-15(12)23/h3-10,22-23H,2H2,1H3,(H,20,25)/b18-10+. The Kier molecular flexibility index (Phi) is 4.80. The largest absolute Gasteiger partial charge is 0.508 e. The molecule has 0 saturated carbocycles. The van der Waals surface area contributed by atoms with Crippen molar-refractivity contribution in [1.29, 1.82) is 0 Å². The van der Waals surface area contributed by atoms with Gasteiger partial charge in [-0.2, -0.15) is 14.9 Å². The molecule has 0 radical (unpaired) electrons. The molecule has 0 spiro atoms. The second-order valence-electron chi connectivity index (χ2n) is 5.11. The van der Waals surface area contributed by atoms with E-state index in [-0.39, 0.29) is 11.5 Å². The lowest BCUT2D eigenvalue weighted by atomic mass is 10.2. The minimum atomic E-state index is -0.0821. The van der Waals surface area contributed by atoms with E-state index in [1.54, 1.807) is 6.07 Å². The highest BCUT2D eigenvalue weighted by Crippen LogP contribution is 2.23. The highest BCUT2D eigenvalue weighted by atomic mass is 32.1. The van der Waals surface area contributed by atoms with Crippen LogP contribution in [0.2, 0.25) is 0 Å². The molecule has 0 aliphatic carbocycles. The maximum absolute atomic E-state index is 9.83. The van der Waals surface area contributed by atoms with Crippen LogP contribution in [0.15, 0.2) is 47.6 Å². The second-order valence-corrected chi connectivity index (χ2v) is 5.50. The van der Waals surface area contributed by atoms with E-state index in [9.17, 15) is 10.2 Å².